The Labute approximate surface area is 50.4 Å². The smallest absolute Gasteiger partial charge is 0.0963 e. The predicted octanol–water partition coefficient (Wildman–Crippen LogP) is -0.918. The molecule has 1 heterocycles. The number of nitrogens with one attached hydrogen (secondary N) is 1. The fraction of sp³-hybridized carbons (Fsp3) is 0.833. The molecule has 48 valence electrons. The molecule has 0 aromatic rings. The van der Waals surface area contributed by atoms with Crippen LogP contribution in [0.3, 0.4) is 0 Å². The second-order valence-electron chi connectivity index (χ2n) is 2.38. The Kier molecular flexibility index (Phi) is 1.86. The average Bonchev–Trinajstić information content (AvgIpc) is 1.77. The maximum absolute atomic E-state index is 5.19. The summed E-state index contributed by atoms with van der Waals surface area (Å²) in [6.45, 7) is 4.96. The molecule has 1 saturated heterocycles. The van der Waals surface area contributed by atoms with Gasteiger partial charge in [-0.25, -0.2) is 0 Å². The van der Waals surface area contributed by atoms with Gasteiger partial charge in [0.1, 0.15) is 0 Å². The van der Waals surface area contributed by atoms with Crippen molar-refractivity contribution in [3.8, 4) is 0 Å². The molecule has 0 spiro atoms. The fourth-order valence-corrected chi connectivity index (χ4v) is 0.828. The molecule has 0 amide bonds. The molecule has 1 aliphatic rings. The van der Waals surface area contributed by atoms with Crippen LogP contribution in [0.4, 0.5) is 0 Å². The summed E-state index contributed by atoms with van der Waals surface area (Å²) in [6.07, 6.45) is 0. The highest BCUT2D eigenvalue weighted by Gasteiger charge is 2.12. The second-order valence-corrected chi connectivity index (χ2v) is 2.38. The minimum atomic E-state index is 0.587. The van der Waals surface area contributed by atoms with Crippen LogP contribution in [-0.4, -0.2) is 25.8 Å². The second kappa shape index (κ2) is 2.46. The van der Waals surface area contributed by atoms with E-state index in [-0.39, 0.29) is 0 Å². The normalized spacial score (nSPS) is 39.8. The van der Waals surface area contributed by atoms with Crippen molar-refractivity contribution >= 4 is 0 Å². The third kappa shape index (κ3) is 1.20. The quantitative estimate of drug-likeness (QED) is 0.403. The van der Waals surface area contributed by atoms with Crippen LogP contribution in [-0.2, 0) is 4.74 Å². The number of morpholine rings is 1. The largest absolute Gasteiger partial charge is 0.462 e. The zero-order chi connectivity index (χ0) is 5.98. The first-order valence-corrected chi connectivity index (χ1v) is 3.06. The van der Waals surface area contributed by atoms with Crippen LogP contribution in [0.5, 0.6) is 0 Å². The zero-order valence-corrected chi connectivity index (χ0v) is 5.31. The molecule has 2 atom stereocenters. The van der Waals surface area contributed by atoms with Gasteiger partial charge in [-0.1, -0.05) is 0 Å². The summed E-state index contributed by atoms with van der Waals surface area (Å²) >= 11 is 0. The lowest BCUT2D eigenvalue weighted by molar-refractivity contribution is -0.888. The molecule has 0 aromatic carbocycles. The number of quaternary nitrogens is 1. The van der Waals surface area contributed by atoms with E-state index in [4.69, 9.17) is 4.74 Å². The average molecular weight is 115 g/mol. The summed E-state index contributed by atoms with van der Waals surface area (Å²) in [5, 5.41) is 0. The van der Waals surface area contributed by atoms with E-state index in [1.54, 1.807) is 0 Å². The molecule has 2 heteroatoms. The van der Waals surface area contributed by atoms with Crippen LogP contribution in [0.2, 0.25) is 0 Å². The topological polar surface area (TPSA) is 13.7 Å². The molecule has 2 nitrogen and oxygen atoms in total. The van der Waals surface area contributed by atoms with Gasteiger partial charge < -0.3 is 9.64 Å². The molecule has 8 heavy (non-hydrogen) atoms. The van der Waals surface area contributed by atoms with E-state index in [9.17, 15) is 0 Å². The van der Waals surface area contributed by atoms with Gasteiger partial charge in [-0.15, -0.1) is 0 Å². The highest BCUT2D eigenvalue weighted by Crippen LogP contribution is 1.83. The molecule has 0 saturated carbocycles. The van der Waals surface area contributed by atoms with E-state index in [0.29, 0.717) is 6.04 Å². The Morgan fingerprint density at radius 1 is 1.75 bits per heavy atom. The lowest BCUT2D eigenvalue weighted by Gasteiger charge is -2.32. The summed E-state index contributed by atoms with van der Waals surface area (Å²) in [7, 11) is 3.92. The molecule has 1 N–H and O–H groups in total. The minimum absolute atomic E-state index is 0.587. The third-order valence-corrected chi connectivity index (χ3v) is 1.63. The molecule has 0 radical (unpaired) electrons. The van der Waals surface area contributed by atoms with Crippen LogP contribution in [0.25, 0.3) is 0 Å². The first kappa shape index (κ1) is 6.05. The molecule has 0 bridgehead atoms. The van der Waals surface area contributed by atoms with Crippen molar-refractivity contribution < 1.29 is 9.64 Å². The predicted molar refractivity (Wildman–Crippen MR) is 31.5 cm³/mol. The molecular weight excluding hydrogens is 102 g/mol. The Morgan fingerprint density at radius 3 is 2.88 bits per heavy atom. The molecule has 0 aliphatic carbocycles. The van der Waals surface area contributed by atoms with E-state index >= 15 is 0 Å². The Balaban J connectivity index is 2.28. The van der Waals surface area contributed by atoms with Gasteiger partial charge in [0, 0.05) is 0 Å². The summed E-state index contributed by atoms with van der Waals surface area (Å²) in [5.74, 6) is 0. The van der Waals surface area contributed by atoms with Crippen molar-refractivity contribution in [2.24, 2.45) is 0 Å². The van der Waals surface area contributed by atoms with E-state index in [1.807, 2.05) is 0 Å². The van der Waals surface area contributed by atoms with Crippen LogP contribution in [0.1, 0.15) is 6.92 Å². The van der Waals surface area contributed by atoms with E-state index in [2.05, 4.69) is 14.0 Å². The van der Waals surface area contributed by atoms with Gasteiger partial charge in [0.15, 0.2) is 0 Å². The van der Waals surface area contributed by atoms with Gasteiger partial charge in [0.2, 0.25) is 0 Å². The zero-order valence-electron chi connectivity index (χ0n) is 5.31. The fourth-order valence-electron chi connectivity index (χ4n) is 0.828. The first-order valence-electron chi connectivity index (χ1n) is 3.06. The molecule has 1 unspecified atom stereocenters. The lowest BCUT2D eigenvalue weighted by Crippen LogP contribution is -3.12. The Bertz CT molecular complexity index is 64.9. The standard InChI is InChI=1S/C6H13NO/c1-6-5-8-4-3-7(6)2/h6-7H,2-5H2,1H3/t6-/m0/s1. The lowest BCUT2D eigenvalue weighted by atomic mass is 10.3. The highest BCUT2D eigenvalue weighted by atomic mass is 16.5. The van der Waals surface area contributed by atoms with E-state index in [0.717, 1.165) is 19.8 Å². The molecule has 1 fully saturated rings. The van der Waals surface area contributed by atoms with E-state index in [1.165, 1.54) is 4.90 Å². The summed E-state index contributed by atoms with van der Waals surface area (Å²) in [5.41, 5.74) is 0. The van der Waals surface area contributed by atoms with Gasteiger partial charge in [0.25, 0.3) is 0 Å². The van der Waals surface area contributed by atoms with Gasteiger partial charge in [-0.2, -0.15) is 7.05 Å². The van der Waals surface area contributed by atoms with Gasteiger partial charge in [0.05, 0.1) is 25.8 Å². The Hall–Kier alpha value is -0.0800. The van der Waals surface area contributed by atoms with Gasteiger partial charge in [-0.3, -0.25) is 0 Å². The number of hydrogen-bond acceptors (Lipinski definition) is 1. The Morgan fingerprint density at radius 2 is 2.50 bits per heavy atom. The maximum Gasteiger partial charge on any atom is 0.0963 e. The number of rotatable bonds is 0. The summed E-state index contributed by atoms with van der Waals surface area (Å²) in [6, 6.07) is 0.587. The number of hydrogen-bond donors (Lipinski definition) is 1. The molecule has 1 rings (SSSR count). The third-order valence-electron chi connectivity index (χ3n) is 1.63. The van der Waals surface area contributed by atoms with Crippen molar-refractivity contribution in [2.45, 2.75) is 13.0 Å². The highest BCUT2D eigenvalue weighted by molar-refractivity contribution is 4.49. The molecule has 1 aliphatic heterocycles. The SMILES string of the molecule is [CH2-][NH+]1CCOC[C@@H]1C. The maximum atomic E-state index is 5.19. The molecular formula is C6H13NO. The summed E-state index contributed by atoms with van der Waals surface area (Å²) in [4.78, 5) is 1.34. The van der Waals surface area contributed by atoms with Crippen LogP contribution in [0, 0.1) is 7.05 Å². The van der Waals surface area contributed by atoms with Crippen molar-refractivity contribution in [1.29, 1.82) is 0 Å². The van der Waals surface area contributed by atoms with Crippen LogP contribution >= 0.6 is 0 Å². The van der Waals surface area contributed by atoms with Crippen LogP contribution < -0.4 is 4.90 Å². The number of ether oxygens (including phenoxy) is 1. The van der Waals surface area contributed by atoms with Crippen molar-refractivity contribution in [1.82, 2.24) is 0 Å². The molecule has 0 aromatic heterocycles. The van der Waals surface area contributed by atoms with Crippen molar-refractivity contribution in [3.05, 3.63) is 7.05 Å². The van der Waals surface area contributed by atoms with Crippen molar-refractivity contribution in [3.63, 3.8) is 0 Å². The van der Waals surface area contributed by atoms with Crippen molar-refractivity contribution in [2.75, 3.05) is 19.8 Å². The minimum Gasteiger partial charge on any atom is -0.462 e. The van der Waals surface area contributed by atoms with E-state index < -0.39 is 0 Å². The van der Waals surface area contributed by atoms with Gasteiger partial charge >= 0.3 is 0 Å². The monoisotopic (exact) mass is 115 g/mol. The van der Waals surface area contributed by atoms with Gasteiger partial charge in [-0.05, 0) is 6.92 Å². The first-order chi connectivity index (χ1) is 3.80. The van der Waals surface area contributed by atoms with Crippen LogP contribution in [0.15, 0.2) is 0 Å². The summed E-state index contributed by atoms with van der Waals surface area (Å²) < 4.78 is 5.19.